The van der Waals surface area contributed by atoms with E-state index < -0.39 is 23.4 Å². The molecule has 14 heteroatoms. The van der Waals surface area contributed by atoms with E-state index in [1.807, 2.05) is 4.90 Å². The first-order valence-electron chi connectivity index (χ1n) is 11.6. The van der Waals surface area contributed by atoms with Crippen LogP contribution < -0.4 is 10.2 Å². The van der Waals surface area contributed by atoms with Crippen LogP contribution in [0.15, 0.2) is 42.7 Å². The lowest BCUT2D eigenvalue weighted by molar-refractivity contribution is -0.137. The van der Waals surface area contributed by atoms with Crippen molar-refractivity contribution < 1.29 is 26.7 Å². The van der Waals surface area contributed by atoms with Gasteiger partial charge in [-0.25, -0.2) is 18.7 Å². The maximum absolute atomic E-state index is 14.1. The van der Waals surface area contributed by atoms with Crippen molar-refractivity contribution in [3.8, 4) is 5.69 Å². The average Bonchev–Trinajstić information content (AvgIpc) is 3.54. The molecule has 1 aliphatic rings. The average molecular weight is 530 g/mol. The van der Waals surface area contributed by atoms with Gasteiger partial charge in [-0.05, 0) is 30.3 Å². The summed E-state index contributed by atoms with van der Waals surface area (Å²) >= 11 is 0. The summed E-state index contributed by atoms with van der Waals surface area (Å²) in [5.74, 6) is -1.09. The van der Waals surface area contributed by atoms with Gasteiger partial charge in [0.1, 0.15) is 17.7 Å². The molecule has 0 spiro atoms. The summed E-state index contributed by atoms with van der Waals surface area (Å²) in [6.45, 7) is 2.05. The SMILES string of the molecule is Fc1ccc2[nH]c(CNc3nc(N4CCOCC4)nc4c3ncn4-c3cccc(C(F)(F)F)c3)nc2c1F. The number of nitrogens with one attached hydrogen (secondary N) is 2. The van der Waals surface area contributed by atoms with Crippen LogP contribution in [0.25, 0.3) is 27.9 Å². The van der Waals surface area contributed by atoms with Crippen LogP contribution in [0.3, 0.4) is 0 Å². The molecular weight excluding hydrogens is 511 g/mol. The summed E-state index contributed by atoms with van der Waals surface area (Å²) in [5.41, 5.74) is 0.239. The lowest BCUT2D eigenvalue weighted by atomic mass is 10.2. The summed E-state index contributed by atoms with van der Waals surface area (Å²) in [5, 5.41) is 3.10. The van der Waals surface area contributed by atoms with Crippen molar-refractivity contribution in [2.75, 3.05) is 36.5 Å². The standard InChI is InChI=1S/C24H19F5N8O/c25-15-4-5-16-19(18(15)26)33-17(32-16)11-30-21-20-22(35-23(34-21)36-6-8-38-9-7-36)37(12-31-20)14-3-1-2-13(10-14)24(27,28)29/h1-5,10,12H,6-9,11H2,(H,32,33)(H,30,34,35). The quantitative estimate of drug-likeness (QED) is 0.325. The zero-order chi connectivity index (χ0) is 26.4. The number of imidazole rings is 2. The van der Waals surface area contributed by atoms with E-state index in [1.54, 1.807) is 0 Å². The van der Waals surface area contributed by atoms with E-state index in [-0.39, 0.29) is 17.7 Å². The Morgan fingerprint density at radius 3 is 2.61 bits per heavy atom. The maximum Gasteiger partial charge on any atom is 0.416 e. The van der Waals surface area contributed by atoms with Crippen LogP contribution in [0.2, 0.25) is 0 Å². The molecule has 0 saturated carbocycles. The topological polar surface area (TPSA) is 96.8 Å². The summed E-state index contributed by atoms with van der Waals surface area (Å²) < 4.78 is 74.6. The Bertz CT molecular complexity index is 1640. The Balaban J connectivity index is 1.40. The molecule has 1 saturated heterocycles. The van der Waals surface area contributed by atoms with Crippen molar-refractivity contribution in [3.05, 3.63) is 65.7 Å². The van der Waals surface area contributed by atoms with Gasteiger partial charge in [-0.15, -0.1) is 0 Å². The second-order valence-electron chi connectivity index (χ2n) is 8.60. The van der Waals surface area contributed by atoms with Gasteiger partial charge in [-0.3, -0.25) is 4.57 Å². The molecule has 2 N–H and O–H groups in total. The summed E-state index contributed by atoms with van der Waals surface area (Å²) in [6.07, 6.45) is -3.13. The van der Waals surface area contributed by atoms with E-state index in [1.165, 1.54) is 29.1 Å². The largest absolute Gasteiger partial charge is 0.416 e. The number of benzene rings is 2. The fourth-order valence-electron chi connectivity index (χ4n) is 4.26. The Hall–Kier alpha value is -4.33. The number of hydrogen-bond donors (Lipinski definition) is 2. The third-order valence-electron chi connectivity index (χ3n) is 6.15. The van der Waals surface area contributed by atoms with Crippen LogP contribution in [0.4, 0.5) is 33.7 Å². The monoisotopic (exact) mass is 530 g/mol. The van der Waals surface area contributed by atoms with Gasteiger partial charge in [-0.1, -0.05) is 6.07 Å². The first-order valence-corrected chi connectivity index (χ1v) is 11.6. The minimum atomic E-state index is -4.51. The van der Waals surface area contributed by atoms with Crippen LogP contribution in [-0.4, -0.2) is 55.8 Å². The highest BCUT2D eigenvalue weighted by Crippen LogP contribution is 2.32. The summed E-state index contributed by atoms with van der Waals surface area (Å²) in [7, 11) is 0. The highest BCUT2D eigenvalue weighted by molar-refractivity contribution is 5.85. The summed E-state index contributed by atoms with van der Waals surface area (Å²) in [4.78, 5) is 22.6. The van der Waals surface area contributed by atoms with Crippen molar-refractivity contribution in [2.24, 2.45) is 0 Å². The molecule has 1 aliphatic heterocycles. The lowest BCUT2D eigenvalue weighted by Crippen LogP contribution is -2.37. The molecule has 5 aromatic rings. The molecule has 0 bridgehead atoms. The number of aromatic amines is 1. The van der Waals surface area contributed by atoms with Crippen LogP contribution in [0.5, 0.6) is 0 Å². The third-order valence-corrected chi connectivity index (χ3v) is 6.15. The minimum Gasteiger partial charge on any atom is -0.378 e. The van der Waals surface area contributed by atoms with Gasteiger partial charge in [0.15, 0.2) is 28.6 Å². The molecule has 0 aliphatic carbocycles. The number of hydrogen-bond acceptors (Lipinski definition) is 7. The fraction of sp³-hybridized carbons (Fsp3) is 0.250. The molecule has 3 aromatic heterocycles. The fourth-order valence-corrected chi connectivity index (χ4v) is 4.26. The van der Waals surface area contributed by atoms with E-state index in [0.717, 1.165) is 18.2 Å². The van der Waals surface area contributed by atoms with Gasteiger partial charge >= 0.3 is 6.18 Å². The molecule has 1 fully saturated rings. The number of fused-ring (bicyclic) bond motifs is 2. The van der Waals surface area contributed by atoms with E-state index in [2.05, 4.69) is 30.2 Å². The van der Waals surface area contributed by atoms with Crippen LogP contribution in [0.1, 0.15) is 11.4 Å². The van der Waals surface area contributed by atoms with E-state index in [9.17, 15) is 22.0 Å². The number of rotatable bonds is 5. The van der Waals surface area contributed by atoms with Crippen molar-refractivity contribution >= 4 is 34.0 Å². The number of anilines is 2. The second-order valence-corrected chi connectivity index (χ2v) is 8.60. The number of ether oxygens (including phenoxy) is 1. The number of morpholine rings is 1. The molecule has 0 amide bonds. The smallest absolute Gasteiger partial charge is 0.378 e. The van der Waals surface area contributed by atoms with E-state index in [0.29, 0.717) is 60.6 Å². The van der Waals surface area contributed by atoms with Crippen LogP contribution in [0, 0.1) is 11.6 Å². The predicted octanol–water partition coefficient (Wildman–Crippen LogP) is 4.44. The predicted molar refractivity (Wildman–Crippen MR) is 128 cm³/mol. The van der Waals surface area contributed by atoms with Gasteiger partial charge in [0.25, 0.3) is 0 Å². The molecule has 6 rings (SSSR count). The second kappa shape index (κ2) is 9.20. The molecule has 2 aromatic carbocycles. The number of alkyl halides is 3. The highest BCUT2D eigenvalue weighted by atomic mass is 19.4. The van der Waals surface area contributed by atoms with Crippen LogP contribution in [-0.2, 0) is 17.5 Å². The maximum atomic E-state index is 14.1. The zero-order valence-electron chi connectivity index (χ0n) is 19.6. The number of nitrogens with zero attached hydrogens (tertiary/aromatic N) is 6. The Morgan fingerprint density at radius 2 is 1.82 bits per heavy atom. The molecule has 38 heavy (non-hydrogen) atoms. The van der Waals surface area contributed by atoms with Gasteiger partial charge in [0.2, 0.25) is 5.95 Å². The van der Waals surface area contributed by atoms with Gasteiger partial charge in [-0.2, -0.15) is 23.1 Å². The lowest BCUT2D eigenvalue weighted by Gasteiger charge is -2.27. The van der Waals surface area contributed by atoms with Crippen molar-refractivity contribution in [2.45, 2.75) is 12.7 Å². The van der Waals surface area contributed by atoms with E-state index >= 15 is 0 Å². The van der Waals surface area contributed by atoms with E-state index in [4.69, 9.17) is 4.74 Å². The zero-order valence-corrected chi connectivity index (χ0v) is 19.6. The molecule has 4 heterocycles. The first kappa shape index (κ1) is 24.0. The van der Waals surface area contributed by atoms with Gasteiger partial charge < -0.3 is 19.9 Å². The first-order chi connectivity index (χ1) is 18.3. The molecule has 0 unspecified atom stereocenters. The molecular formula is C24H19F5N8O. The minimum absolute atomic E-state index is 0.0564. The van der Waals surface area contributed by atoms with Crippen molar-refractivity contribution in [1.82, 2.24) is 29.5 Å². The molecule has 0 radical (unpaired) electrons. The molecule has 9 nitrogen and oxygen atoms in total. The van der Waals surface area contributed by atoms with Crippen molar-refractivity contribution in [3.63, 3.8) is 0 Å². The Kier molecular flexibility index (Phi) is 5.82. The third kappa shape index (κ3) is 4.36. The Labute approximate surface area is 211 Å². The number of halogens is 5. The Morgan fingerprint density at radius 1 is 1.00 bits per heavy atom. The van der Waals surface area contributed by atoms with Crippen molar-refractivity contribution in [1.29, 1.82) is 0 Å². The van der Waals surface area contributed by atoms with Gasteiger partial charge in [0.05, 0.1) is 30.8 Å². The van der Waals surface area contributed by atoms with Gasteiger partial charge in [0, 0.05) is 18.8 Å². The number of H-pyrrole nitrogens is 1. The highest BCUT2D eigenvalue weighted by Gasteiger charge is 2.31. The molecule has 0 atom stereocenters. The number of aromatic nitrogens is 6. The van der Waals surface area contributed by atoms with Crippen LogP contribution >= 0.6 is 0 Å². The normalized spacial score (nSPS) is 14.5. The summed E-state index contributed by atoms with van der Waals surface area (Å²) in [6, 6.07) is 7.26. The molecule has 196 valence electrons.